The van der Waals surface area contributed by atoms with Gasteiger partial charge in [0.1, 0.15) is 0 Å². The number of rotatable bonds is 2. The highest BCUT2D eigenvalue weighted by molar-refractivity contribution is 5.79. The molecule has 0 N–H and O–H groups in total. The molecule has 0 aromatic carbocycles. The third-order valence-electron chi connectivity index (χ3n) is 1.51. The summed E-state index contributed by atoms with van der Waals surface area (Å²) in [6.45, 7) is 2.68. The molecule has 0 amide bonds. The number of carbonyl (C=O) groups is 1. The van der Waals surface area contributed by atoms with Crippen LogP contribution in [0.5, 0.6) is 0 Å². The SMILES string of the molecule is Cc1cc(C)n(C(=O)C[N+](=O)[O-])n1. The maximum Gasteiger partial charge on any atom is 0.318 e. The maximum atomic E-state index is 11.1. The Morgan fingerprint density at radius 2 is 2.31 bits per heavy atom. The van der Waals surface area contributed by atoms with Gasteiger partial charge in [0.25, 0.3) is 6.54 Å². The molecule has 0 aliphatic carbocycles. The van der Waals surface area contributed by atoms with Crippen molar-refractivity contribution in [3.8, 4) is 0 Å². The first-order valence-electron chi connectivity index (χ1n) is 3.69. The third-order valence-corrected chi connectivity index (χ3v) is 1.51. The lowest BCUT2D eigenvalue weighted by atomic mass is 10.4. The molecular weight excluding hydrogens is 174 g/mol. The quantitative estimate of drug-likeness (QED) is 0.491. The molecule has 0 aliphatic rings. The highest BCUT2D eigenvalue weighted by Gasteiger charge is 2.15. The van der Waals surface area contributed by atoms with Crippen molar-refractivity contribution < 1.29 is 9.72 Å². The van der Waals surface area contributed by atoms with E-state index in [1.165, 1.54) is 0 Å². The van der Waals surface area contributed by atoms with Gasteiger partial charge >= 0.3 is 5.91 Å². The zero-order valence-corrected chi connectivity index (χ0v) is 7.35. The van der Waals surface area contributed by atoms with E-state index in [2.05, 4.69) is 5.10 Å². The van der Waals surface area contributed by atoms with E-state index in [9.17, 15) is 14.9 Å². The molecule has 0 spiro atoms. The topological polar surface area (TPSA) is 78.0 Å². The fourth-order valence-corrected chi connectivity index (χ4v) is 1.06. The second-order valence-electron chi connectivity index (χ2n) is 2.72. The Hall–Kier alpha value is -1.72. The molecule has 1 heterocycles. The summed E-state index contributed by atoms with van der Waals surface area (Å²) >= 11 is 0. The van der Waals surface area contributed by atoms with Crippen molar-refractivity contribution in [2.24, 2.45) is 0 Å². The molecule has 13 heavy (non-hydrogen) atoms. The molecule has 6 heteroatoms. The van der Waals surface area contributed by atoms with Crippen molar-refractivity contribution in [2.75, 3.05) is 6.54 Å². The highest BCUT2D eigenvalue weighted by Crippen LogP contribution is 2.01. The van der Waals surface area contributed by atoms with Crippen LogP contribution in [-0.4, -0.2) is 27.2 Å². The minimum atomic E-state index is -0.720. The number of nitrogens with zero attached hydrogens (tertiary/aromatic N) is 3. The normalized spacial score (nSPS) is 10.0. The van der Waals surface area contributed by atoms with Crippen LogP contribution in [0.15, 0.2) is 6.07 Å². The lowest BCUT2D eigenvalue weighted by Crippen LogP contribution is -2.22. The molecule has 1 aromatic rings. The zero-order valence-electron chi connectivity index (χ0n) is 7.35. The Kier molecular flexibility index (Phi) is 2.41. The van der Waals surface area contributed by atoms with E-state index >= 15 is 0 Å². The molecule has 0 atom stereocenters. The zero-order chi connectivity index (χ0) is 10.0. The van der Waals surface area contributed by atoms with Crippen LogP contribution in [0.2, 0.25) is 0 Å². The predicted octanol–water partition coefficient (Wildman–Crippen LogP) is 0.417. The van der Waals surface area contributed by atoms with Crippen molar-refractivity contribution in [3.63, 3.8) is 0 Å². The van der Waals surface area contributed by atoms with Crippen molar-refractivity contribution >= 4 is 5.91 Å². The molecular formula is C7H9N3O3. The molecule has 0 unspecified atom stereocenters. The van der Waals surface area contributed by atoms with Gasteiger partial charge in [-0.05, 0) is 19.9 Å². The van der Waals surface area contributed by atoms with Gasteiger partial charge in [-0.3, -0.25) is 14.9 Å². The van der Waals surface area contributed by atoms with Gasteiger partial charge in [-0.2, -0.15) is 9.78 Å². The van der Waals surface area contributed by atoms with E-state index in [0.29, 0.717) is 11.4 Å². The first-order valence-corrected chi connectivity index (χ1v) is 3.69. The molecule has 0 bridgehead atoms. The molecule has 1 rings (SSSR count). The standard InChI is InChI=1S/C7H9N3O3/c1-5-3-6(2)10(8-5)7(11)4-9(12)13/h3H,4H2,1-2H3. The van der Waals surface area contributed by atoms with Gasteiger partial charge < -0.3 is 0 Å². The number of hydrogen-bond donors (Lipinski definition) is 0. The van der Waals surface area contributed by atoms with Gasteiger partial charge in [-0.15, -0.1) is 0 Å². The minimum absolute atomic E-state index is 0.615. The summed E-state index contributed by atoms with van der Waals surface area (Å²) in [6.07, 6.45) is 0. The van der Waals surface area contributed by atoms with Gasteiger partial charge in [-0.1, -0.05) is 0 Å². The Balaban J connectivity index is 2.88. The maximum absolute atomic E-state index is 11.1. The van der Waals surface area contributed by atoms with Crippen molar-refractivity contribution in [3.05, 3.63) is 27.6 Å². The fourth-order valence-electron chi connectivity index (χ4n) is 1.06. The minimum Gasteiger partial charge on any atom is -0.265 e. The molecule has 0 saturated carbocycles. The summed E-state index contributed by atoms with van der Waals surface area (Å²) in [5, 5.41) is 13.9. The summed E-state index contributed by atoms with van der Waals surface area (Å²) in [5.41, 5.74) is 1.29. The smallest absolute Gasteiger partial charge is 0.265 e. The van der Waals surface area contributed by atoms with E-state index in [4.69, 9.17) is 0 Å². The number of carbonyl (C=O) groups excluding carboxylic acids is 1. The van der Waals surface area contributed by atoms with Crippen molar-refractivity contribution in [1.29, 1.82) is 0 Å². The summed E-state index contributed by atoms with van der Waals surface area (Å²) in [4.78, 5) is 20.5. The molecule has 70 valence electrons. The second-order valence-corrected chi connectivity index (χ2v) is 2.72. The van der Waals surface area contributed by atoms with Gasteiger partial charge in [0.15, 0.2) is 0 Å². The lowest BCUT2D eigenvalue weighted by molar-refractivity contribution is -0.465. The van der Waals surface area contributed by atoms with Gasteiger partial charge in [0.05, 0.1) is 5.69 Å². The van der Waals surface area contributed by atoms with Crippen molar-refractivity contribution in [1.82, 2.24) is 9.78 Å². The Morgan fingerprint density at radius 1 is 1.69 bits per heavy atom. The summed E-state index contributed by atoms with van der Waals surface area (Å²) in [7, 11) is 0. The summed E-state index contributed by atoms with van der Waals surface area (Å²) in [5.74, 6) is -0.615. The van der Waals surface area contributed by atoms with Crippen LogP contribution in [0.1, 0.15) is 16.2 Å². The fraction of sp³-hybridized carbons (Fsp3) is 0.429. The molecule has 0 radical (unpaired) electrons. The van der Waals surface area contributed by atoms with Crippen LogP contribution in [0.25, 0.3) is 0 Å². The highest BCUT2D eigenvalue weighted by atomic mass is 16.6. The van der Waals surface area contributed by atoms with Gasteiger partial charge in [0.2, 0.25) is 0 Å². The number of aryl methyl sites for hydroxylation is 2. The largest absolute Gasteiger partial charge is 0.318 e. The van der Waals surface area contributed by atoms with Crippen LogP contribution in [0.3, 0.4) is 0 Å². The average molecular weight is 183 g/mol. The molecule has 0 saturated heterocycles. The summed E-state index contributed by atoms with van der Waals surface area (Å²) in [6, 6.07) is 1.69. The first kappa shape index (κ1) is 9.37. The van der Waals surface area contributed by atoms with Crippen LogP contribution in [-0.2, 0) is 0 Å². The first-order chi connectivity index (χ1) is 6.00. The number of hydrogen-bond acceptors (Lipinski definition) is 4. The monoisotopic (exact) mass is 183 g/mol. The van der Waals surface area contributed by atoms with Crippen LogP contribution in [0.4, 0.5) is 0 Å². The number of nitro groups is 1. The Bertz CT molecular complexity index is 356. The van der Waals surface area contributed by atoms with E-state index in [1.54, 1.807) is 19.9 Å². The van der Waals surface area contributed by atoms with Gasteiger partial charge in [0, 0.05) is 10.6 Å². The second kappa shape index (κ2) is 3.34. The van der Waals surface area contributed by atoms with Crippen LogP contribution in [0, 0.1) is 24.0 Å². The Morgan fingerprint density at radius 3 is 2.69 bits per heavy atom. The molecule has 1 aromatic heterocycles. The lowest BCUT2D eigenvalue weighted by Gasteiger charge is -1.97. The van der Waals surface area contributed by atoms with E-state index in [-0.39, 0.29) is 0 Å². The van der Waals surface area contributed by atoms with Crippen LogP contribution >= 0.6 is 0 Å². The molecule has 6 nitrogen and oxygen atoms in total. The van der Waals surface area contributed by atoms with E-state index in [1.807, 2.05) is 0 Å². The number of aromatic nitrogens is 2. The van der Waals surface area contributed by atoms with E-state index in [0.717, 1.165) is 4.68 Å². The molecule has 0 aliphatic heterocycles. The van der Waals surface area contributed by atoms with Gasteiger partial charge in [-0.25, -0.2) is 0 Å². The summed E-state index contributed by atoms with van der Waals surface area (Å²) < 4.78 is 1.05. The predicted molar refractivity (Wildman–Crippen MR) is 44.2 cm³/mol. The van der Waals surface area contributed by atoms with Crippen molar-refractivity contribution in [2.45, 2.75) is 13.8 Å². The third kappa shape index (κ3) is 2.11. The Labute approximate surface area is 74.3 Å². The average Bonchev–Trinajstić information content (AvgIpc) is 2.28. The van der Waals surface area contributed by atoms with E-state index < -0.39 is 17.4 Å². The van der Waals surface area contributed by atoms with Crippen LogP contribution < -0.4 is 0 Å². The molecule has 0 fully saturated rings.